The van der Waals surface area contributed by atoms with Crippen LogP contribution in [0.1, 0.15) is 12.0 Å². The van der Waals surface area contributed by atoms with Crippen LogP contribution in [0.25, 0.3) is 0 Å². The van der Waals surface area contributed by atoms with Crippen LogP contribution in [0.4, 0.5) is 0 Å². The van der Waals surface area contributed by atoms with Crippen molar-refractivity contribution in [3.63, 3.8) is 0 Å². The minimum absolute atomic E-state index is 0.0188. The average molecular weight is 319 g/mol. The molecule has 1 aromatic rings. The summed E-state index contributed by atoms with van der Waals surface area (Å²) in [6.07, 6.45) is 0.750. The van der Waals surface area contributed by atoms with E-state index < -0.39 is 10.0 Å². The van der Waals surface area contributed by atoms with Crippen LogP contribution in [0.15, 0.2) is 28.7 Å². The van der Waals surface area contributed by atoms with Crippen molar-refractivity contribution in [3.05, 3.63) is 34.3 Å². The fourth-order valence-electron chi connectivity index (χ4n) is 1.89. The van der Waals surface area contributed by atoms with Gasteiger partial charge < -0.3 is 5.73 Å². The lowest BCUT2D eigenvalue weighted by Gasteiger charge is -2.15. The zero-order valence-electron chi connectivity index (χ0n) is 9.34. The lowest BCUT2D eigenvalue weighted by atomic mass is 10.2. The molecule has 94 valence electrons. The highest BCUT2D eigenvalue weighted by molar-refractivity contribution is 9.10. The van der Waals surface area contributed by atoms with Crippen molar-refractivity contribution in [2.45, 2.75) is 18.2 Å². The molecule has 1 atom stereocenters. The summed E-state index contributed by atoms with van der Waals surface area (Å²) in [5.41, 5.74) is 6.52. The van der Waals surface area contributed by atoms with Crippen molar-refractivity contribution in [2.75, 3.05) is 13.1 Å². The Labute approximate surface area is 110 Å². The molecule has 1 heterocycles. The third-order valence-corrected chi connectivity index (χ3v) is 5.19. The smallest absolute Gasteiger partial charge is 0.218 e. The topological polar surface area (TPSA) is 63.4 Å². The molecule has 1 aliphatic heterocycles. The first-order chi connectivity index (χ1) is 7.97. The van der Waals surface area contributed by atoms with E-state index in [1.165, 1.54) is 4.31 Å². The Hall–Kier alpha value is -0.430. The van der Waals surface area contributed by atoms with Crippen molar-refractivity contribution in [1.82, 2.24) is 4.31 Å². The maximum absolute atomic E-state index is 12.1. The van der Waals surface area contributed by atoms with Gasteiger partial charge in [-0.15, -0.1) is 0 Å². The second-order valence-corrected chi connectivity index (χ2v) is 7.17. The SMILES string of the molecule is N[C@@H]1CCN(S(=O)(=O)Cc2ccc(Br)cc2)C1. The molecule has 17 heavy (non-hydrogen) atoms. The fourth-order valence-corrected chi connectivity index (χ4v) is 3.75. The van der Waals surface area contributed by atoms with E-state index in [1.807, 2.05) is 24.3 Å². The van der Waals surface area contributed by atoms with E-state index in [0.29, 0.717) is 13.1 Å². The van der Waals surface area contributed by atoms with Gasteiger partial charge in [0.15, 0.2) is 0 Å². The van der Waals surface area contributed by atoms with E-state index in [4.69, 9.17) is 5.73 Å². The van der Waals surface area contributed by atoms with E-state index in [2.05, 4.69) is 15.9 Å². The van der Waals surface area contributed by atoms with Crippen LogP contribution >= 0.6 is 15.9 Å². The molecule has 0 radical (unpaired) electrons. The van der Waals surface area contributed by atoms with Gasteiger partial charge in [0.1, 0.15) is 0 Å². The van der Waals surface area contributed by atoms with Crippen LogP contribution in [0, 0.1) is 0 Å². The van der Waals surface area contributed by atoms with Crippen molar-refractivity contribution in [3.8, 4) is 0 Å². The standard InChI is InChI=1S/C11H15BrN2O2S/c12-10-3-1-9(2-4-10)8-17(15,16)14-6-5-11(13)7-14/h1-4,11H,5-8,13H2/t11-/m1/s1. The first-order valence-electron chi connectivity index (χ1n) is 5.45. The predicted molar refractivity (Wildman–Crippen MR) is 70.9 cm³/mol. The van der Waals surface area contributed by atoms with Crippen LogP contribution in [0.2, 0.25) is 0 Å². The van der Waals surface area contributed by atoms with Gasteiger partial charge in [-0.3, -0.25) is 0 Å². The van der Waals surface area contributed by atoms with Crippen molar-refractivity contribution < 1.29 is 8.42 Å². The number of rotatable bonds is 3. The van der Waals surface area contributed by atoms with E-state index in [-0.39, 0.29) is 11.8 Å². The second kappa shape index (κ2) is 5.06. The minimum atomic E-state index is -3.22. The Morgan fingerprint density at radius 3 is 2.53 bits per heavy atom. The van der Waals surface area contributed by atoms with Crippen LogP contribution < -0.4 is 5.73 Å². The minimum Gasteiger partial charge on any atom is -0.326 e. The highest BCUT2D eigenvalue weighted by Gasteiger charge is 2.29. The van der Waals surface area contributed by atoms with Crippen LogP contribution in [0.3, 0.4) is 0 Å². The summed E-state index contributed by atoms with van der Waals surface area (Å²) < 4.78 is 26.6. The molecule has 0 aromatic heterocycles. The Kier molecular flexibility index (Phi) is 3.87. The number of hydrogen-bond donors (Lipinski definition) is 1. The molecule has 1 aliphatic rings. The molecule has 6 heteroatoms. The normalized spacial score (nSPS) is 21.9. The summed E-state index contributed by atoms with van der Waals surface area (Å²) >= 11 is 3.32. The van der Waals surface area contributed by atoms with Gasteiger partial charge in [-0.05, 0) is 24.1 Å². The number of hydrogen-bond acceptors (Lipinski definition) is 3. The largest absolute Gasteiger partial charge is 0.326 e. The van der Waals surface area contributed by atoms with E-state index in [1.54, 1.807) is 0 Å². The van der Waals surface area contributed by atoms with E-state index in [9.17, 15) is 8.42 Å². The monoisotopic (exact) mass is 318 g/mol. The van der Waals surface area contributed by atoms with E-state index in [0.717, 1.165) is 16.5 Å². The van der Waals surface area contributed by atoms with Gasteiger partial charge in [-0.2, -0.15) is 0 Å². The molecule has 0 saturated carbocycles. The Balaban J connectivity index is 2.09. The van der Waals surface area contributed by atoms with Gasteiger partial charge >= 0.3 is 0 Å². The Bertz CT molecular complexity index is 487. The summed E-state index contributed by atoms with van der Waals surface area (Å²) in [6, 6.07) is 7.31. The molecule has 0 spiro atoms. The van der Waals surface area contributed by atoms with Crippen LogP contribution in [0.5, 0.6) is 0 Å². The summed E-state index contributed by atoms with van der Waals surface area (Å²) in [4.78, 5) is 0. The maximum atomic E-state index is 12.1. The average Bonchev–Trinajstić information content (AvgIpc) is 2.69. The number of nitrogens with zero attached hydrogens (tertiary/aromatic N) is 1. The molecule has 4 nitrogen and oxygen atoms in total. The molecule has 0 unspecified atom stereocenters. The molecule has 0 aliphatic carbocycles. The molecule has 0 bridgehead atoms. The molecule has 1 saturated heterocycles. The van der Waals surface area contributed by atoms with Gasteiger partial charge in [0.2, 0.25) is 10.0 Å². The van der Waals surface area contributed by atoms with E-state index >= 15 is 0 Å². The highest BCUT2D eigenvalue weighted by atomic mass is 79.9. The molecule has 2 N–H and O–H groups in total. The molecule has 1 aromatic carbocycles. The number of benzene rings is 1. The van der Waals surface area contributed by atoms with Gasteiger partial charge in [0.05, 0.1) is 5.75 Å². The molecule has 0 amide bonds. The van der Waals surface area contributed by atoms with Gasteiger partial charge in [0.25, 0.3) is 0 Å². The lowest BCUT2D eigenvalue weighted by molar-refractivity contribution is 0.471. The summed E-state index contributed by atoms with van der Waals surface area (Å²) in [5, 5.41) is 0. The zero-order chi connectivity index (χ0) is 12.5. The zero-order valence-corrected chi connectivity index (χ0v) is 11.7. The Morgan fingerprint density at radius 1 is 1.35 bits per heavy atom. The second-order valence-electron chi connectivity index (χ2n) is 4.29. The quantitative estimate of drug-likeness (QED) is 0.914. The first-order valence-corrected chi connectivity index (χ1v) is 7.85. The highest BCUT2D eigenvalue weighted by Crippen LogP contribution is 2.18. The summed E-state index contributed by atoms with van der Waals surface area (Å²) in [5.74, 6) is 0.0486. The molecular formula is C11H15BrN2O2S. The number of halogens is 1. The third-order valence-electron chi connectivity index (χ3n) is 2.84. The maximum Gasteiger partial charge on any atom is 0.218 e. The Morgan fingerprint density at radius 2 is 2.00 bits per heavy atom. The van der Waals surface area contributed by atoms with Crippen molar-refractivity contribution in [2.24, 2.45) is 5.73 Å². The number of sulfonamides is 1. The molecule has 1 fully saturated rings. The molecular weight excluding hydrogens is 304 g/mol. The van der Waals surface area contributed by atoms with Crippen LogP contribution in [-0.2, 0) is 15.8 Å². The van der Waals surface area contributed by atoms with Gasteiger partial charge in [-0.1, -0.05) is 28.1 Å². The van der Waals surface area contributed by atoms with Crippen molar-refractivity contribution in [1.29, 1.82) is 0 Å². The fraction of sp³-hybridized carbons (Fsp3) is 0.455. The summed E-state index contributed by atoms with van der Waals surface area (Å²) in [7, 11) is -3.22. The lowest BCUT2D eigenvalue weighted by Crippen LogP contribution is -2.32. The first kappa shape index (κ1) is 13.0. The van der Waals surface area contributed by atoms with Gasteiger partial charge in [-0.25, -0.2) is 12.7 Å². The van der Waals surface area contributed by atoms with Crippen molar-refractivity contribution >= 4 is 26.0 Å². The van der Waals surface area contributed by atoms with Gasteiger partial charge in [0, 0.05) is 23.6 Å². The number of nitrogens with two attached hydrogens (primary N) is 1. The summed E-state index contributed by atoms with van der Waals surface area (Å²) in [6.45, 7) is 0.985. The molecule has 2 rings (SSSR count). The predicted octanol–water partition coefficient (Wildman–Crippen LogP) is 1.31. The van der Waals surface area contributed by atoms with Crippen LogP contribution in [-0.4, -0.2) is 31.9 Å². The third kappa shape index (κ3) is 3.28.